The SMILES string of the molecule is O=C(NCc1ccccc1)c1cc(NCc2ccccc2Cl)ncn1. The van der Waals surface area contributed by atoms with Gasteiger partial charge in [-0.25, -0.2) is 9.97 Å². The van der Waals surface area contributed by atoms with Crippen molar-refractivity contribution in [3.63, 3.8) is 0 Å². The lowest BCUT2D eigenvalue weighted by atomic mass is 10.2. The number of carbonyl (C=O) groups is 1. The number of hydrogen-bond donors (Lipinski definition) is 2. The standard InChI is InChI=1S/C19H17ClN4O/c20-16-9-5-4-8-15(16)12-21-18-10-17(23-13-24-18)19(25)22-11-14-6-2-1-3-7-14/h1-10,13H,11-12H2,(H,22,25)(H,21,23,24). The van der Waals surface area contributed by atoms with Crippen LogP contribution in [0, 0.1) is 0 Å². The van der Waals surface area contributed by atoms with Crippen molar-refractivity contribution in [1.29, 1.82) is 0 Å². The van der Waals surface area contributed by atoms with Gasteiger partial charge in [0.15, 0.2) is 0 Å². The van der Waals surface area contributed by atoms with Gasteiger partial charge in [0.25, 0.3) is 5.91 Å². The van der Waals surface area contributed by atoms with Gasteiger partial charge in [0.05, 0.1) is 0 Å². The molecule has 0 fully saturated rings. The highest BCUT2D eigenvalue weighted by Gasteiger charge is 2.09. The second-order valence-electron chi connectivity index (χ2n) is 5.40. The summed E-state index contributed by atoms with van der Waals surface area (Å²) < 4.78 is 0. The molecule has 0 unspecified atom stereocenters. The van der Waals surface area contributed by atoms with Gasteiger partial charge in [0.1, 0.15) is 17.8 Å². The molecule has 0 aliphatic carbocycles. The van der Waals surface area contributed by atoms with E-state index in [0.29, 0.717) is 29.6 Å². The fraction of sp³-hybridized carbons (Fsp3) is 0.105. The van der Waals surface area contributed by atoms with Crippen LogP contribution in [0.5, 0.6) is 0 Å². The predicted molar refractivity (Wildman–Crippen MR) is 98.4 cm³/mol. The molecule has 0 atom stereocenters. The van der Waals surface area contributed by atoms with E-state index in [1.807, 2.05) is 54.6 Å². The van der Waals surface area contributed by atoms with Crippen LogP contribution in [-0.2, 0) is 13.1 Å². The Bertz CT molecular complexity index is 855. The maximum Gasteiger partial charge on any atom is 0.270 e. The number of aromatic nitrogens is 2. The molecule has 0 bridgehead atoms. The van der Waals surface area contributed by atoms with Gasteiger partial charge >= 0.3 is 0 Å². The summed E-state index contributed by atoms with van der Waals surface area (Å²) >= 11 is 6.13. The summed E-state index contributed by atoms with van der Waals surface area (Å²) in [5, 5.41) is 6.69. The zero-order chi connectivity index (χ0) is 17.5. The second kappa shape index (κ2) is 8.26. The number of carbonyl (C=O) groups excluding carboxylic acids is 1. The minimum atomic E-state index is -0.243. The molecule has 1 amide bonds. The zero-order valence-electron chi connectivity index (χ0n) is 13.4. The van der Waals surface area contributed by atoms with E-state index in [-0.39, 0.29) is 5.91 Å². The second-order valence-corrected chi connectivity index (χ2v) is 5.81. The van der Waals surface area contributed by atoms with Gasteiger partial charge in [-0.15, -0.1) is 0 Å². The molecule has 0 aliphatic rings. The minimum Gasteiger partial charge on any atom is -0.366 e. The van der Waals surface area contributed by atoms with Crippen LogP contribution in [-0.4, -0.2) is 15.9 Å². The van der Waals surface area contributed by atoms with Gasteiger partial charge in [-0.05, 0) is 17.2 Å². The number of benzene rings is 2. The van der Waals surface area contributed by atoms with Crippen LogP contribution in [0.4, 0.5) is 5.82 Å². The first-order valence-corrected chi connectivity index (χ1v) is 8.21. The normalized spacial score (nSPS) is 10.3. The third-order valence-corrected chi connectivity index (χ3v) is 3.98. The summed E-state index contributed by atoms with van der Waals surface area (Å²) in [6, 6.07) is 18.9. The van der Waals surface area contributed by atoms with E-state index in [1.165, 1.54) is 6.33 Å². The quantitative estimate of drug-likeness (QED) is 0.710. The number of anilines is 1. The molecule has 1 heterocycles. The van der Waals surface area contributed by atoms with Crippen LogP contribution < -0.4 is 10.6 Å². The molecular weight excluding hydrogens is 336 g/mol. The molecule has 3 rings (SSSR count). The third-order valence-electron chi connectivity index (χ3n) is 3.61. The van der Waals surface area contributed by atoms with Crippen molar-refractivity contribution in [2.24, 2.45) is 0 Å². The molecular formula is C19H17ClN4O. The summed E-state index contributed by atoms with van der Waals surface area (Å²) in [6.45, 7) is 0.966. The summed E-state index contributed by atoms with van der Waals surface area (Å²) in [5.41, 5.74) is 2.30. The monoisotopic (exact) mass is 352 g/mol. The molecule has 0 saturated heterocycles. The molecule has 1 aromatic heterocycles. The topological polar surface area (TPSA) is 66.9 Å². The van der Waals surface area contributed by atoms with Gasteiger partial charge in [0.2, 0.25) is 0 Å². The predicted octanol–water partition coefficient (Wildman–Crippen LogP) is 3.67. The van der Waals surface area contributed by atoms with Crippen molar-refractivity contribution in [3.05, 3.63) is 88.8 Å². The Morgan fingerprint density at radius 2 is 1.72 bits per heavy atom. The number of rotatable bonds is 6. The highest BCUT2D eigenvalue weighted by atomic mass is 35.5. The van der Waals surface area contributed by atoms with Crippen molar-refractivity contribution in [3.8, 4) is 0 Å². The van der Waals surface area contributed by atoms with Crippen LogP contribution in [0.25, 0.3) is 0 Å². The highest BCUT2D eigenvalue weighted by molar-refractivity contribution is 6.31. The molecule has 0 saturated carbocycles. The van der Waals surface area contributed by atoms with Gasteiger partial charge in [0, 0.05) is 24.2 Å². The van der Waals surface area contributed by atoms with Crippen molar-refractivity contribution in [2.75, 3.05) is 5.32 Å². The Balaban J connectivity index is 1.61. The van der Waals surface area contributed by atoms with Crippen molar-refractivity contribution >= 4 is 23.3 Å². The maximum absolute atomic E-state index is 12.2. The van der Waals surface area contributed by atoms with E-state index >= 15 is 0 Å². The molecule has 25 heavy (non-hydrogen) atoms. The van der Waals surface area contributed by atoms with Crippen LogP contribution in [0.1, 0.15) is 21.6 Å². The first kappa shape index (κ1) is 16.9. The molecule has 6 heteroatoms. The average Bonchev–Trinajstić information content (AvgIpc) is 2.66. The van der Waals surface area contributed by atoms with Gasteiger partial charge in [-0.2, -0.15) is 0 Å². The summed E-state index contributed by atoms with van der Waals surface area (Å²) in [7, 11) is 0. The molecule has 0 aliphatic heterocycles. The number of nitrogens with one attached hydrogen (secondary N) is 2. The van der Waals surface area contributed by atoms with E-state index in [1.54, 1.807) is 6.07 Å². The van der Waals surface area contributed by atoms with Crippen LogP contribution in [0.15, 0.2) is 67.0 Å². The average molecular weight is 353 g/mol. The maximum atomic E-state index is 12.2. The molecule has 5 nitrogen and oxygen atoms in total. The minimum absolute atomic E-state index is 0.243. The van der Waals surface area contributed by atoms with Gasteiger partial charge < -0.3 is 10.6 Å². The van der Waals surface area contributed by atoms with E-state index in [4.69, 9.17) is 11.6 Å². The third kappa shape index (κ3) is 4.78. The largest absolute Gasteiger partial charge is 0.366 e. The highest BCUT2D eigenvalue weighted by Crippen LogP contribution is 2.16. The van der Waals surface area contributed by atoms with Crippen molar-refractivity contribution in [1.82, 2.24) is 15.3 Å². The molecule has 2 N–H and O–H groups in total. The number of nitrogens with zero attached hydrogens (tertiary/aromatic N) is 2. The first-order chi connectivity index (χ1) is 12.2. The fourth-order valence-electron chi connectivity index (χ4n) is 2.27. The first-order valence-electron chi connectivity index (χ1n) is 7.84. The molecule has 126 valence electrons. The van der Waals surface area contributed by atoms with E-state index in [0.717, 1.165) is 11.1 Å². The van der Waals surface area contributed by atoms with Crippen LogP contribution in [0.2, 0.25) is 5.02 Å². The fourth-order valence-corrected chi connectivity index (χ4v) is 2.48. The Morgan fingerprint density at radius 1 is 0.960 bits per heavy atom. The Morgan fingerprint density at radius 3 is 2.52 bits per heavy atom. The molecule has 2 aromatic carbocycles. The van der Waals surface area contributed by atoms with Gasteiger partial charge in [-0.3, -0.25) is 4.79 Å². The van der Waals surface area contributed by atoms with Crippen molar-refractivity contribution < 1.29 is 4.79 Å². The summed E-state index contributed by atoms with van der Waals surface area (Å²) in [5.74, 6) is 0.326. The Hall–Kier alpha value is -2.92. The van der Waals surface area contributed by atoms with Crippen molar-refractivity contribution in [2.45, 2.75) is 13.1 Å². The Kier molecular flexibility index (Phi) is 5.59. The smallest absolute Gasteiger partial charge is 0.270 e. The van der Waals surface area contributed by atoms with Gasteiger partial charge in [-0.1, -0.05) is 60.1 Å². The number of halogens is 1. The van der Waals surface area contributed by atoms with E-state index in [2.05, 4.69) is 20.6 Å². The summed E-state index contributed by atoms with van der Waals surface area (Å²) in [4.78, 5) is 20.4. The lowest BCUT2D eigenvalue weighted by Gasteiger charge is -2.09. The Labute approximate surface area is 151 Å². The lowest BCUT2D eigenvalue weighted by Crippen LogP contribution is -2.24. The molecule has 0 spiro atoms. The van der Waals surface area contributed by atoms with E-state index in [9.17, 15) is 4.79 Å². The number of hydrogen-bond acceptors (Lipinski definition) is 4. The molecule has 3 aromatic rings. The molecule has 0 radical (unpaired) electrons. The number of amides is 1. The zero-order valence-corrected chi connectivity index (χ0v) is 14.2. The van der Waals surface area contributed by atoms with Crippen LogP contribution >= 0.6 is 11.6 Å². The summed E-state index contributed by atoms with van der Waals surface area (Å²) in [6.07, 6.45) is 1.37. The van der Waals surface area contributed by atoms with Crippen LogP contribution in [0.3, 0.4) is 0 Å². The lowest BCUT2D eigenvalue weighted by molar-refractivity contribution is 0.0946. The van der Waals surface area contributed by atoms with E-state index < -0.39 is 0 Å².